The van der Waals surface area contributed by atoms with Crippen molar-refractivity contribution in [3.63, 3.8) is 0 Å². The first-order chi connectivity index (χ1) is 10.1. The van der Waals surface area contributed by atoms with Gasteiger partial charge in [-0.05, 0) is 37.7 Å². The Morgan fingerprint density at radius 1 is 1.43 bits per heavy atom. The average molecular weight is 292 g/mol. The van der Waals surface area contributed by atoms with Crippen molar-refractivity contribution in [3.8, 4) is 0 Å². The molecule has 0 spiro atoms. The fourth-order valence-electron chi connectivity index (χ4n) is 2.60. The molecule has 1 aliphatic rings. The summed E-state index contributed by atoms with van der Waals surface area (Å²) in [4.78, 5) is 26.5. The third-order valence-electron chi connectivity index (χ3n) is 3.86. The highest BCUT2D eigenvalue weighted by molar-refractivity contribution is 5.97. The topological polar surface area (TPSA) is 62.6 Å². The van der Waals surface area contributed by atoms with Gasteiger partial charge in [0.25, 0.3) is 5.91 Å². The predicted molar refractivity (Wildman–Crippen MR) is 79.8 cm³/mol. The molecule has 5 nitrogen and oxygen atoms in total. The minimum absolute atomic E-state index is 0.0350. The summed E-state index contributed by atoms with van der Waals surface area (Å²) in [5.41, 5.74) is 0.511. The Balaban J connectivity index is 1.98. The van der Waals surface area contributed by atoms with Crippen LogP contribution in [0.25, 0.3) is 0 Å². The second-order valence-electron chi connectivity index (χ2n) is 6.00. The quantitative estimate of drug-likeness (QED) is 0.906. The van der Waals surface area contributed by atoms with Crippen molar-refractivity contribution in [2.75, 3.05) is 13.1 Å². The lowest BCUT2D eigenvalue weighted by molar-refractivity contribution is -0.126. The summed E-state index contributed by atoms with van der Waals surface area (Å²) in [6, 6.07) is 1.29. The standard InChI is InChI=1S/C16H24N2O3/c1-12(2)6-8-17-15(19)14-5-3-4-9-18(14)16(20)13-7-10-21-11-13/h7,10-12,14H,3-6,8-9H2,1-2H3,(H,17,19). The van der Waals surface area contributed by atoms with E-state index >= 15 is 0 Å². The number of nitrogens with one attached hydrogen (secondary N) is 1. The van der Waals surface area contributed by atoms with Gasteiger partial charge < -0.3 is 14.6 Å². The number of likely N-dealkylation sites (tertiary alicyclic amines) is 1. The van der Waals surface area contributed by atoms with Gasteiger partial charge in [0.2, 0.25) is 5.91 Å². The van der Waals surface area contributed by atoms with E-state index in [1.807, 2.05) is 0 Å². The van der Waals surface area contributed by atoms with Crippen LogP contribution in [0, 0.1) is 5.92 Å². The van der Waals surface area contributed by atoms with Gasteiger partial charge in [-0.3, -0.25) is 9.59 Å². The molecular formula is C16H24N2O3. The molecule has 1 unspecified atom stereocenters. The highest BCUT2D eigenvalue weighted by atomic mass is 16.3. The summed E-state index contributed by atoms with van der Waals surface area (Å²) in [5.74, 6) is 0.403. The van der Waals surface area contributed by atoms with Gasteiger partial charge in [0.15, 0.2) is 0 Å². The summed E-state index contributed by atoms with van der Waals surface area (Å²) < 4.78 is 4.97. The van der Waals surface area contributed by atoms with Gasteiger partial charge in [0, 0.05) is 13.1 Å². The molecule has 1 aromatic rings. The molecule has 0 radical (unpaired) electrons. The molecule has 21 heavy (non-hydrogen) atoms. The lowest BCUT2D eigenvalue weighted by Crippen LogP contribution is -2.52. The highest BCUT2D eigenvalue weighted by Gasteiger charge is 2.32. The van der Waals surface area contributed by atoms with E-state index in [9.17, 15) is 9.59 Å². The molecular weight excluding hydrogens is 268 g/mol. The van der Waals surface area contributed by atoms with Crippen LogP contribution in [0.4, 0.5) is 0 Å². The average Bonchev–Trinajstić information content (AvgIpc) is 3.00. The van der Waals surface area contributed by atoms with E-state index in [1.165, 1.54) is 12.5 Å². The molecule has 116 valence electrons. The molecule has 1 N–H and O–H groups in total. The van der Waals surface area contributed by atoms with Crippen LogP contribution in [-0.4, -0.2) is 35.8 Å². The molecule has 0 aliphatic carbocycles. The minimum Gasteiger partial charge on any atom is -0.472 e. The van der Waals surface area contributed by atoms with Crippen molar-refractivity contribution in [2.45, 2.75) is 45.6 Å². The molecule has 1 atom stereocenters. The molecule has 1 fully saturated rings. The fourth-order valence-corrected chi connectivity index (χ4v) is 2.60. The molecule has 5 heteroatoms. The number of nitrogens with zero attached hydrogens (tertiary/aromatic N) is 1. The number of carbonyl (C=O) groups is 2. The Morgan fingerprint density at radius 3 is 2.90 bits per heavy atom. The largest absolute Gasteiger partial charge is 0.472 e. The molecule has 1 saturated heterocycles. The second-order valence-corrected chi connectivity index (χ2v) is 6.00. The number of furan rings is 1. The molecule has 2 amide bonds. The van der Waals surface area contributed by atoms with E-state index in [0.717, 1.165) is 25.7 Å². The van der Waals surface area contributed by atoms with Gasteiger partial charge in [-0.25, -0.2) is 0 Å². The van der Waals surface area contributed by atoms with Gasteiger partial charge in [-0.15, -0.1) is 0 Å². The SMILES string of the molecule is CC(C)CCNC(=O)C1CCCCN1C(=O)c1ccoc1. The monoisotopic (exact) mass is 292 g/mol. The van der Waals surface area contributed by atoms with Gasteiger partial charge >= 0.3 is 0 Å². The maximum atomic E-state index is 12.4. The minimum atomic E-state index is -0.353. The zero-order valence-corrected chi connectivity index (χ0v) is 12.8. The van der Waals surface area contributed by atoms with Crippen LogP contribution >= 0.6 is 0 Å². The highest BCUT2D eigenvalue weighted by Crippen LogP contribution is 2.20. The first kappa shape index (κ1) is 15.6. The zero-order valence-electron chi connectivity index (χ0n) is 12.8. The van der Waals surface area contributed by atoms with Crippen LogP contribution in [-0.2, 0) is 4.79 Å². The molecule has 1 aromatic heterocycles. The summed E-state index contributed by atoms with van der Waals surface area (Å²) in [5, 5.41) is 2.96. The number of amides is 2. The van der Waals surface area contributed by atoms with Crippen LogP contribution in [0.1, 0.15) is 49.9 Å². The van der Waals surface area contributed by atoms with Gasteiger partial charge in [0.1, 0.15) is 12.3 Å². The number of rotatable bonds is 5. The first-order valence-corrected chi connectivity index (χ1v) is 7.70. The van der Waals surface area contributed by atoms with E-state index in [0.29, 0.717) is 24.6 Å². The second kappa shape index (κ2) is 7.29. The molecule has 2 heterocycles. The van der Waals surface area contributed by atoms with Gasteiger partial charge in [-0.1, -0.05) is 13.8 Å². The van der Waals surface area contributed by atoms with Gasteiger partial charge in [-0.2, -0.15) is 0 Å². The smallest absolute Gasteiger partial charge is 0.257 e. The first-order valence-electron chi connectivity index (χ1n) is 7.70. The van der Waals surface area contributed by atoms with E-state index < -0.39 is 0 Å². The number of hydrogen-bond donors (Lipinski definition) is 1. The summed E-state index contributed by atoms with van der Waals surface area (Å²) in [6.07, 6.45) is 6.53. The van der Waals surface area contributed by atoms with Crippen LogP contribution in [0.2, 0.25) is 0 Å². The molecule has 0 saturated carbocycles. The molecule has 0 bridgehead atoms. The summed E-state index contributed by atoms with van der Waals surface area (Å²) in [6.45, 7) is 5.55. The van der Waals surface area contributed by atoms with Crippen molar-refractivity contribution in [1.82, 2.24) is 10.2 Å². The van der Waals surface area contributed by atoms with Crippen LogP contribution in [0.15, 0.2) is 23.0 Å². The molecule has 2 rings (SSSR count). The van der Waals surface area contributed by atoms with Crippen molar-refractivity contribution in [3.05, 3.63) is 24.2 Å². The Morgan fingerprint density at radius 2 is 2.24 bits per heavy atom. The lowest BCUT2D eigenvalue weighted by atomic mass is 10.00. The normalized spacial score (nSPS) is 18.8. The maximum absolute atomic E-state index is 12.4. The Bertz CT molecular complexity index is 468. The predicted octanol–water partition coefficient (Wildman–Crippen LogP) is 2.44. The van der Waals surface area contributed by atoms with Gasteiger partial charge in [0.05, 0.1) is 11.8 Å². The number of piperidine rings is 1. The van der Waals surface area contributed by atoms with E-state index in [-0.39, 0.29) is 17.9 Å². The van der Waals surface area contributed by atoms with E-state index in [4.69, 9.17) is 4.42 Å². The van der Waals surface area contributed by atoms with Crippen LogP contribution in [0.5, 0.6) is 0 Å². The number of hydrogen-bond acceptors (Lipinski definition) is 3. The summed E-state index contributed by atoms with van der Waals surface area (Å²) in [7, 11) is 0. The lowest BCUT2D eigenvalue weighted by Gasteiger charge is -2.34. The fraction of sp³-hybridized carbons (Fsp3) is 0.625. The van der Waals surface area contributed by atoms with E-state index in [2.05, 4.69) is 19.2 Å². The van der Waals surface area contributed by atoms with Crippen LogP contribution in [0.3, 0.4) is 0 Å². The zero-order chi connectivity index (χ0) is 15.2. The Kier molecular flexibility index (Phi) is 5.42. The number of carbonyl (C=O) groups excluding carboxylic acids is 2. The van der Waals surface area contributed by atoms with E-state index in [1.54, 1.807) is 11.0 Å². The third-order valence-corrected chi connectivity index (χ3v) is 3.86. The van der Waals surface area contributed by atoms with Crippen molar-refractivity contribution < 1.29 is 14.0 Å². The van der Waals surface area contributed by atoms with Crippen molar-refractivity contribution >= 4 is 11.8 Å². The summed E-state index contributed by atoms with van der Waals surface area (Å²) >= 11 is 0. The Labute approximate surface area is 125 Å². The van der Waals surface area contributed by atoms with Crippen molar-refractivity contribution in [2.24, 2.45) is 5.92 Å². The van der Waals surface area contributed by atoms with Crippen molar-refractivity contribution in [1.29, 1.82) is 0 Å². The molecule has 0 aromatic carbocycles. The van der Waals surface area contributed by atoms with Crippen LogP contribution < -0.4 is 5.32 Å². The molecule has 1 aliphatic heterocycles. The Hall–Kier alpha value is -1.78. The maximum Gasteiger partial charge on any atom is 0.257 e. The third kappa shape index (κ3) is 4.09.